The highest BCUT2D eigenvalue weighted by Crippen LogP contribution is 2.27. The zero-order chi connectivity index (χ0) is 20.1. The summed E-state index contributed by atoms with van der Waals surface area (Å²) in [5.74, 6) is 0.378. The molecule has 0 aliphatic carbocycles. The van der Waals surface area contributed by atoms with Crippen LogP contribution in [0.2, 0.25) is 0 Å². The van der Waals surface area contributed by atoms with Gasteiger partial charge in [0.1, 0.15) is 5.69 Å². The van der Waals surface area contributed by atoms with Crippen molar-refractivity contribution in [3.8, 4) is 10.6 Å². The van der Waals surface area contributed by atoms with Crippen molar-refractivity contribution in [2.75, 3.05) is 20.6 Å². The second-order valence-corrected chi connectivity index (χ2v) is 8.48. The number of benzene rings is 1. The van der Waals surface area contributed by atoms with Gasteiger partial charge in [0.05, 0.1) is 17.0 Å². The topological polar surface area (TPSA) is 50.2 Å². The summed E-state index contributed by atoms with van der Waals surface area (Å²) in [5, 5.41) is 9.84. The summed E-state index contributed by atoms with van der Waals surface area (Å²) in [7, 11) is 4.09. The van der Waals surface area contributed by atoms with Crippen molar-refractivity contribution < 1.29 is 4.79 Å². The summed E-state index contributed by atoms with van der Waals surface area (Å²) >= 11 is 1.60. The second kappa shape index (κ2) is 9.17. The predicted octanol–water partition coefficient (Wildman–Crippen LogP) is 3.98. The molecule has 0 bridgehead atoms. The number of carbonyl (C=O) groups is 1. The van der Waals surface area contributed by atoms with Crippen LogP contribution < -0.4 is 5.32 Å². The number of likely N-dealkylation sites (N-methyl/N-ethyl adjacent to an activating group) is 1. The average Bonchev–Trinajstić information content (AvgIpc) is 3.31. The van der Waals surface area contributed by atoms with Gasteiger partial charge in [0.15, 0.2) is 0 Å². The van der Waals surface area contributed by atoms with Gasteiger partial charge in [0.2, 0.25) is 0 Å². The smallest absolute Gasteiger partial charge is 0.255 e. The van der Waals surface area contributed by atoms with Gasteiger partial charge >= 0.3 is 0 Å². The first kappa shape index (κ1) is 20.3. The number of nitrogens with one attached hydrogen (secondary N) is 1. The van der Waals surface area contributed by atoms with Crippen molar-refractivity contribution in [1.29, 1.82) is 0 Å². The van der Waals surface area contributed by atoms with Crippen LogP contribution in [0.4, 0.5) is 0 Å². The van der Waals surface area contributed by atoms with Crippen molar-refractivity contribution >= 4 is 17.2 Å². The van der Waals surface area contributed by atoms with Gasteiger partial charge in [0.25, 0.3) is 5.91 Å². The first-order valence-electron chi connectivity index (χ1n) is 9.55. The Morgan fingerprint density at radius 2 is 1.93 bits per heavy atom. The minimum absolute atomic E-state index is 0.0739. The Balaban J connectivity index is 1.83. The van der Waals surface area contributed by atoms with Crippen LogP contribution in [-0.2, 0) is 6.54 Å². The molecule has 0 radical (unpaired) electrons. The largest absolute Gasteiger partial charge is 0.350 e. The van der Waals surface area contributed by atoms with Crippen molar-refractivity contribution in [2.24, 2.45) is 5.92 Å². The van der Waals surface area contributed by atoms with Gasteiger partial charge in [-0.1, -0.05) is 50.2 Å². The van der Waals surface area contributed by atoms with Crippen LogP contribution >= 0.6 is 11.3 Å². The molecule has 6 heteroatoms. The van der Waals surface area contributed by atoms with Crippen LogP contribution in [-0.4, -0.2) is 47.3 Å². The van der Waals surface area contributed by atoms with E-state index in [1.807, 2.05) is 60.7 Å². The molecule has 1 aromatic carbocycles. The molecule has 1 N–H and O–H groups in total. The number of hydrogen-bond acceptors (Lipinski definition) is 4. The molecule has 0 spiro atoms. The Bertz CT molecular complexity index is 877. The lowest BCUT2D eigenvalue weighted by molar-refractivity contribution is 0.0935. The summed E-state index contributed by atoms with van der Waals surface area (Å²) in [6, 6.07) is 14.4. The average molecular weight is 397 g/mol. The summed E-state index contributed by atoms with van der Waals surface area (Å²) in [5.41, 5.74) is 2.52. The number of rotatable bonds is 8. The van der Waals surface area contributed by atoms with Crippen LogP contribution in [0.25, 0.3) is 10.6 Å². The number of amides is 1. The van der Waals surface area contributed by atoms with Crippen molar-refractivity contribution in [1.82, 2.24) is 20.0 Å². The maximum atomic E-state index is 13.0. The van der Waals surface area contributed by atoms with E-state index in [0.717, 1.165) is 16.1 Å². The molecule has 0 aliphatic heterocycles. The van der Waals surface area contributed by atoms with E-state index in [2.05, 4.69) is 36.2 Å². The molecule has 28 heavy (non-hydrogen) atoms. The minimum atomic E-state index is -0.0739. The van der Waals surface area contributed by atoms with Gasteiger partial charge in [0, 0.05) is 18.8 Å². The highest BCUT2D eigenvalue weighted by atomic mass is 32.1. The molecule has 148 valence electrons. The van der Waals surface area contributed by atoms with Crippen LogP contribution in [0.5, 0.6) is 0 Å². The molecule has 1 amide bonds. The molecular formula is C22H28N4OS. The van der Waals surface area contributed by atoms with Crippen molar-refractivity contribution in [3.63, 3.8) is 0 Å². The molecule has 0 saturated heterocycles. The molecule has 2 aromatic heterocycles. The van der Waals surface area contributed by atoms with Crippen LogP contribution in [0.15, 0.2) is 54.0 Å². The third-order valence-corrected chi connectivity index (χ3v) is 5.73. The van der Waals surface area contributed by atoms with Gasteiger partial charge < -0.3 is 10.2 Å². The highest BCUT2D eigenvalue weighted by Gasteiger charge is 2.21. The van der Waals surface area contributed by atoms with E-state index in [9.17, 15) is 4.79 Å². The number of hydrogen-bond donors (Lipinski definition) is 1. The molecule has 3 aromatic rings. The summed E-state index contributed by atoms with van der Waals surface area (Å²) in [6.07, 6.45) is 1.86. The Morgan fingerprint density at radius 3 is 2.54 bits per heavy atom. The maximum absolute atomic E-state index is 13.0. The van der Waals surface area contributed by atoms with E-state index in [1.54, 1.807) is 11.3 Å². The standard InChI is InChI=1S/C22H28N4OS/c1-16(2)19(25(3)4)13-23-22(27)18-15-26(14-17-9-6-5-7-10-17)24-21(18)20-11-8-12-28-20/h5-12,15-16,19H,13-14H2,1-4H3,(H,23,27). The van der Waals surface area contributed by atoms with Crippen molar-refractivity contribution in [3.05, 3.63) is 65.2 Å². The zero-order valence-electron chi connectivity index (χ0n) is 16.9. The van der Waals surface area contributed by atoms with Gasteiger partial charge in [-0.3, -0.25) is 9.48 Å². The van der Waals surface area contributed by atoms with Crippen LogP contribution in [0.1, 0.15) is 29.8 Å². The zero-order valence-corrected chi connectivity index (χ0v) is 17.7. The Hall–Kier alpha value is -2.44. The first-order chi connectivity index (χ1) is 13.5. The molecular weight excluding hydrogens is 368 g/mol. The molecule has 1 atom stereocenters. The maximum Gasteiger partial charge on any atom is 0.255 e. The van der Waals surface area contributed by atoms with Gasteiger partial charge in [-0.05, 0) is 37.0 Å². The SMILES string of the molecule is CC(C)C(CNC(=O)c1cn(Cc2ccccc2)nc1-c1cccs1)N(C)C. The third kappa shape index (κ3) is 4.88. The van der Waals surface area contributed by atoms with Gasteiger partial charge in [-0.2, -0.15) is 5.10 Å². The lowest BCUT2D eigenvalue weighted by Gasteiger charge is -2.28. The Labute approximate surface area is 171 Å². The number of aromatic nitrogens is 2. The number of nitrogens with zero attached hydrogens (tertiary/aromatic N) is 3. The van der Waals surface area contributed by atoms with E-state index >= 15 is 0 Å². The monoisotopic (exact) mass is 396 g/mol. The molecule has 0 saturated carbocycles. The minimum Gasteiger partial charge on any atom is -0.350 e. The molecule has 1 unspecified atom stereocenters. The third-order valence-electron chi connectivity index (χ3n) is 4.85. The number of carbonyl (C=O) groups excluding carboxylic acids is 1. The van der Waals surface area contributed by atoms with E-state index in [1.165, 1.54) is 0 Å². The fourth-order valence-corrected chi connectivity index (χ4v) is 4.06. The first-order valence-corrected chi connectivity index (χ1v) is 10.4. The lowest BCUT2D eigenvalue weighted by atomic mass is 10.0. The fraction of sp³-hybridized carbons (Fsp3) is 0.364. The van der Waals surface area contributed by atoms with E-state index < -0.39 is 0 Å². The second-order valence-electron chi connectivity index (χ2n) is 7.54. The van der Waals surface area contributed by atoms with Crippen LogP contribution in [0, 0.1) is 5.92 Å². The molecule has 2 heterocycles. The van der Waals surface area contributed by atoms with E-state index in [4.69, 9.17) is 5.10 Å². The van der Waals surface area contributed by atoms with E-state index in [-0.39, 0.29) is 11.9 Å². The van der Waals surface area contributed by atoms with Crippen LogP contribution in [0.3, 0.4) is 0 Å². The Morgan fingerprint density at radius 1 is 1.18 bits per heavy atom. The summed E-state index contributed by atoms with van der Waals surface area (Å²) in [4.78, 5) is 16.2. The summed E-state index contributed by atoms with van der Waals surface area (Å²) in [6.45, 7) is 5.59. The van der Waals surface area contributed by atoms with Crippen molar-refractivity contribution in [2.45, 2.75) is 26.4 Å². The van der Waals surface area contributed by atoms with Gasteiger partial charge in [-0.25, -0.2) is 0 Å². The van der Waals surface area contributed by atoms with E-state index in [0.29, 0.717) is 24.6 Å². The number of thiophene rings is 1. The fourth-order valence-electron chi connectivity index (χ4n) is 3.34. The summed E-state index contributed by atoms with van der Waals surface area (Å²) < 4.78 is 1.85. The quantitative estimate of drug-likeness (QED) is 0.627. The molecule has 3 rings (SSSR count). The Kier molecular flexibility index (Phi) is 6.65. The van der Waals surface area contributed by atoms with Gasteiger partial charge in [-0.15, -0.1) is 11.3 Å². The molecule has 0 aliphatic rings. The molecule has 5 nitrogen and oxygen atoms in total. The highest BCUT2D eigenvalue weighted by molar-refractivity contribution is 7.13. The lowest BCUT2D eigenvalue weighted by Crippen LogP contribution is -2.43. The predicted molar refractivity (Wildman–Crippen MR) is 116 cm³/mol. The normalized spacial score (nSPS) is 12.5. The molecule has 0 fully saturated rings.